The first-order valence-corrected chi connectivity index (χ1v) is 7.00. The molecule has 100 valence electrons. The van der Waals surface area contributed by atoms with Crippen LogP contribution in [0.4, 0.5) is 0 Å². The summed E-state index contributed by atoms with van der Waals surface area (Å²) >= 11 is 0. The van der Waals surface area contributed by atoms with E-state index in [2.05, 4.69) is 61.8 Å². The van der Waals surface area contributed by atoms with Crippen molar-refractivity contribution in [2.24, 2.45) is 0 Å². The molecule has 2 heterocycles. The molecule has 0 radical (unpaired) electrons. The third-order valence-electron chi connectivity index (χ3n) is 4.03. The van der Waals surface area contributed by atoms with Crippen molar-refractivity contribution in [1.82, 2.24) is 15.1 Å². The average molecular weight is 255 g/mol. The summed E-state index contributed by atoms with van der Waals surface area (Å²) in [5, 5.41) is 8.11. The third-order valence-corrected chi connectivity index (χ3v) is 4.03. The van der Waals surface area contributed by atoms with E-state index in [1.807, 2.05) is 4.68 Å². The molecule has 1 aromatic carbocycles. The summed E-state index contributed by atoms with van der Waals surface area (Å²) in [6.45, 7) is 6.42. The molecule has 1 fully saturated rings. The van der Waals surface area contributed by atoms with Gasteiger partial charge < -0.3 is 5.32 Å². The van der Waals surface area contributed by atoms with Crippen LogP contribution in [0, 0.1) is 0 Å². The maximum absolute atomic E-state index is 4.69. The largest absolute Gasteiger partial charge is 0.315 e. The molecule has 0 spiro atoms. The summed E-state index contributed by atoms with van der Waals surface area (Å²) in [6, 6.07) is 13.4. The van der Waals surface area contributed by atoms with E-state index in [1.165, 1.54) is 11.3 Å². The molecule has 1 saturated heterocycles. The molecule has 1 aromatic heterocycles. The van der Waals surface area contributed by atoms with Crippen LogP contribution in [-0.2, 0) is 11.8 Å². The zero-order valence-electron chi connectivity index (χ0n) is 11.6. The Morgan fingerprint density at radius 2 is 1.95 bits per heavy atom. The molecule has 1 aliphatic heterocycles. The lowest BCUT2D eigenvalue weighted by Gasteiger charge is -2.43. The van der Waals surface area contributed by atoms with Gasteiger partial charge in [-0.3, -0.25) is 4.68 Å². The molecule has 0 unspecified atom stereocenters. The zero-order valence-corrected chi connectivity index (χ0v) is 11.6. The second-order valence-electron chi connectivity index (χ2n) is 5.81. The van der Waals surface area contributed by atoms with E-state index in [4.69, 9.17) is 5.10 Å². The van der Waals surface area contributed by atoms with Crippen LogP contribution in [0.1, 0.15) is 31.1 Å². The third kappa shape index (κ3) is 2.30. The molecule has 0 bridgehead atoms. The van der Waals surface area contributed by atoms with Gasteiger partial charge in [0.2, 0.25) is 0 Å². The minimum Gasteiger partial charge on any atom is -0.315 e. The summed E-state index contributed by atoms with van der Waals surface area (Å²) in [6.07, 6.45) is 3.11. The Morgan fingerprint density at radius 1 is 1.21 bits per heavy atom. The molecule has 1 N–H and O–H groups in total. The van der Waals surface area contributed by atoms with Crippen LogP contribution in [0.2, 0.25) is 0 Å². The number of rotatable bonds is 4. The SMILES string of the molecule is CC(C)n1ccc(CC2(c3ccccc3)CNC2)n1. The van der Waals surface area contributed by atoms with Gasteiger partial charge >= 0.3 is 0 Å². The van der Waals surface area contributed by atoms with Gasteiger partial charge in [-0.15, -0.1) is 0 Å². The van der Waals surface area contributed by atoms with Gasteiger partial charge in [0.1, 0.15) is 0 Å². The fraction of sp³-hybridized carbons (Fsp3) is 0.438. The number of hydrogen-bond donors (Lipinski definition) is 1. The molecule has 0 saturated carbocycles. The minimum atomic E-state index is 0.234. The van der Waals surface area contributed by atoms with Gasteiger partial charge in [-0.2, -0.15) is 5.10 Å². The first kappa shape index (κ1) is 12.4. The highest BCUT2D eigenvalue weighted by Gasteiger charge is 2.39. The van der Waals surface area contributed by atoms with Gasteiger partial charge in [0.05, 0.1) is 5.69 Å². The Morgan fingerprint density at radius 3 is 2.47 bits per heavy atom. The second-order valence-corrected chi connectivity index (χ2v) is 5.81. The Balaban J connectivity index is 1.83. The molecule has 0 aliphatic carbocycles. The molecule has 1 aliphatic rings. The highest BCUT2D eigenvalue weighted by Crippen LogP contribution is 2.32. The normalized spacial score (nSPS) is 17.4. The highest BCUT2D eigenvalue weighted by molar-refractivity contribution is 5.31. The van der Waals surface area contributed by atoms with Crippen LogP contribution in [0.3, 0.4) is 0 Å². The molecular weight excluding hydrogens is 234 g/mol. The first-order valence-electron chi connectivity index (χ1n) is 7.00. The van der Waals surface area contributed by atoms with Crippen molar-refractivity contribution in [3.05, 3.63) is 53.9 Å². The molecule has 2 aromatic rings. The lowest BCUT2D eigenvalue weighted by atomic mass is 9.72. The topological polar surface area (TPSA) is 29.9 Å². The number of nitrogens with one attached hydrogen (secondary N) is 1. The van der Waals surface area contributed by atoms with Crippen LogP contribution >= 0.6 is 0 Å². The van der Waals surface area contributed by atoms with Crippen LogP contribution in [0.15, 0.2) is 42.6 Å². The summed E-state index contributed by atoms with van der Waals surface area (Å²) in [4.78, 5) is 0. The Hall–Kier alpha value is -1.61. The van der Waals surface area contributed by atoms with E-state index in [9.17, 15) is 0 Å². The monoisotopic (exact) mass is 255 g/mol. The van der Waals surface area contributed by atoms with Crippen molar-refractivity contribution in [2.75, 3.05) is 13.1 Å². The van der Waals surface area contributed by atoms with E-state index >= 15 is 0 Å². The van der Waals surface area contributed by atoms with Crippen molar-refractivity contribution in [1.29, 1.82) is 0 Å². The summed E-state index contributed by atoms with van der Waals surface area (Å²) in [5.41, 5.74) is 2.85. The highest BCUT2D eigenvalue weighted by atomic mass is 15.3. The van der Waals surface area contributed by atoms with Crippen molar-refractivity contribution in [3.8, 4) is 0 Å². The minimum absolute atomic E-state index is 0.234. The molecular formula is C16H21N3. The maximum Gasteiger partial charge on any atom is 0.0634 e. The van der Waals surface area contributed by atoms with E-state index in [0.29, 0.717) is 6.04 Å². The predicted octanol–water partition coefficient (Wildman–Crippen LogP) is 2.55. The quantitative estimate of drug-likeness (QED) is 0.910. The van der Waals surface area contributed by atoms with Crippen LogP contribution in [0.5, 0.6) is 0 Å². The number of aromatic nitrogens is 2. The average Bonchev–Trinajstić information content (AvgIpc) is 2.83. The molecule has 19 heavy (non-hydrogen) atoms. The lowest BCUT2D eigenvalue weighted by molar-refractivity contribution is 0.271. The van der Waals surface area contributed by atoms with Crippen molar-refractivity contribution in [3.63, 3.8) is 0 Å². The van der Waals surface area contributed by atoms with E-state index in [-0.39, 0.29) is 5.41 Å². The first-order chi connectivity index (χ1) is 9.20. The zero-order chi connectivity index (χ0) is 13.3. The molecule has 3 rings (SSSR count). The molecule has 3 heteroatoms. The smallest absolute Gasteiger partial charge is 0.0634 e. The van der Waals surface area contributed by atoms with E-state index in [1.54, 1.807) is 0 Å². The number of hydrogen-bond acceptors (Lipinski definition) is 2. The van der Waals surface area contributed by atoms with Gasteiger partial charge in [0.15, 0.2) is 0 Å². The fourth-order valence-electron chi connectivity index (χ4n) is 2.76. The van der Waals surface area contributed by atoms with Crippen LogP contribution in [0.25, 0.3) is 0 Å². The predicted molar refractivity (Wildman–Crippen MR) is 77.3 cm³/mol. The van der Waals surface area contributed by atoms with Gasteiger partial charge in [0.25, 0.3) is 0 Å². The van der Waals surface area contributed by atoms with Gasteiger partial charge in [0, 0.05) is 37.2 Å². The van der Waals surface area contributed by atoms with Crippen LogP contribution in [-0.4, -0.2) is 22.9 Å². The van der Waals surface area contributed by atoms with Gasteiger partial charge in [-0.05, 0) is 25.5 Å². The van der Waals surface area contributed by atoms with Crippen molar-refractivity contribution >= 4 is 0 Å². The molecule has 0 amide bonds. The van der Waals surface area contributed by atoms with Crippen molar-refractivity contribution in [2.45, 2.75) is 31.7 Å². The number of nitrogens with zero attached hydrogens (tertiary/aromatic N) is 2. The Kier molecular flexibility index (Phi) is 3.15. The molecule has 3 nitrogen and oxygen atoms in total. The van der Waals surface area contributed by atoms with E-state index in [0.717, 1.165) is 19.5 Å². The van der Waals surface area contributed by atoms with Gasteiger partial charge in [-0.25, -0.2) is 0 Å². The Bertz CT molecular complexity index is 538. The van der Waals surface area contributed by atoms with Crippen LogP contribution < -0.4 is 5.32 Å². The van der Waals surface area contributed by atoms with Gasteiger partial charge in [-0.1, -0.05) is 30.3 Å². The maximum atomic E-state index is 4.69. The van der Waals surface area contributed by atoms with E-state index < -0.39 is 0 Å². The standard InChI is InChI=1S/C16H21N3/c1-13(2)19-9-8-15(18-19)10-16(11-17-12-16)14-6-4-3-5-7-14/h3-9,13,17H,10-12H2,1-2H3. The summed E-state index contributed by atoms with van der Waals surface area (Å²) in [7, 11) is 0. The summed E-state index contributed by atoms with van der Waals surface area (Å²) in [5.74, 6) is 0. The second kappa shape index (κ2) is 4.82. The van der Waals surface area contributed by atoms with Crippen molar-refractivity contribution < 1.29 is 0 Å². The fourth-order valence-corrected chi connectivity index (χ4v) is 2.76. The molecule has 0 atom stereocenters. The Labute approximate surface area is 114 Å². The lowest BCUT2D eigenvalue weighted by Crippen LogP contribution is -2.58. The summed E-state index contributed by atoms with van der Waals surface area (Å²) < 4.78 is 2.04. The number of benzene rings is 1.